The number of nitrogens with one attached hydrogen (secondary N) is 1. The molecule has 5 fully saturated rings. The van der Waals surface area contributed by atoms with Gasteiger partial charge in [-0.05, 0) is 38.5 Å². The van der Waals surface area contributed by atoms with E-state index in [1.165, 1.54) is 32.1 Å². The maximum atomic E-state index is 13.3. The molecule has 162 valence electrons. The molecular weight excluding hydrogens is 366 g/mol. The van der Waals surface area contributed by atoms with Gasteiger partial charge < -0.3 is 9.80 Å². The lowest BCUT2D eigenvalue weighted by Gasteiger charge is -2.51. The Balaban J connectivity index is 1.18. The topological polar surface area (TPSA) is 59.1 Å². The van der Waals surface area contributed by atoms with Crippen molar-refractivity contribution in [1.82, 2.24) is 25.1 Å². The molecule has 2 saturated carbocycles. The van der Waals surface area contributed by atoms with Crippen LogP contribution in [0.1, 0.15) is 57.8 Å². The van der Waals surface area contributed by atoms with E-state index < -0.39 is 0 Å². The lowest BCUT2D eigenvalue weighted by Crippen LogP contribution is -2.67. The fourth-order valence-electron chi connectivity index (χ4n) is 6.68. The summed E-state index contributed by atoms with van der Waals surface area (Å²) >= 11 is 0. The van der Waals surface area contributed by atoms with Gasteiger partial charge in [-0.3, -0.25) is 19.9 Å². The van der Waals surface area contributed by atoms with Crippen molar-refractivity contribution in [3.63, 3.8) is 0 Å². The SMILES string of the molecule is CN1C(=O)C2CCNN2C2CCC(C(=O)N3CCN(C4CCCCC4)CC3)CC21. The van der Waals surface area contributed by atoms with Gasteiger partial charge in [0.15, 0.2) is 0 Å². The molecule has 29 heavy (non-hydrogen) atoms. The zero-order valence-electron chi connectivity index (χ0n) is 17.9. The van der Waals surface area contributed by atoms with Gasteiger partial charge in [0, 0.05) is 63.8 Å². The smallest absolute Gasteiger partial charge is 0.241 e. The molecule has 3 heterocycles. The van der Waals surface area contributed by atoms with Crippen LogP contribution >= 0.6 is 0 Å². The second kappa shape index (κ2) is 8.16. The molecule has 0 aromatic heterocycles. The van der Waals surface area contributed by atoms with Crippen LogP contribution in [0.15, 0.2) is 0 Å². The second-order valence-corrected chi connectivity index (χ2v) is 9.87. The number of nitrogens with zero attached hydrogens (tertiary/aromatic N) is 4. The van der Waals surface area contributed by atoms with Crippen LogP contribution in [0.5, 0.6) is 0 Å². The lowest BCUT2D eigenvalue weighted by molar-refractivity contribution is -0.155. The second-order valence-electron chi connectivity index (χ2n) is 9.87. The molecule has 2 amide bonds. The highest BCUT2D eigenvalue weighted by Crippen LogP contribution is 2.37. The quantitative estimate of drug-likeness (QED) is 0.747. The molecule has 0 aromatic rings. The van der Waals surface area contributed by atoms with Gasteiger partial charge in [-0.1, -0.05) is 19.3 Å². The Bertz CT molecular complexity index is 629. The fraction of sp³-hybridized carbons (Fsp3) is 0.909. The third-order valence-corrected chi connectivity index (χ3v) is 8.38. The Morgan fingerprint density at radius 1 is 0.931 bits per heavy atom. The standard InChI is InChI=1S/C22H37N5O2/c1-24-20-15-16(7-8-18(20)27-19(22(24)29)9-10-23-27)21(28)26-13-11-25(12-14-26)17-5-3-2-4-6-17/h16-20,23H,2-15H2,1H3. The summed E-state index contributed by atoms with van der Waals surface area (Å²) in [4.78, 5) is 32.8. The summed E-state index contributed by atoms with van der Waals surface area (Å²) in [6.45, 7) is 4.72. The van der Waals surface area contributed by atoms with Gasteiger partial charge in [-0.15, -0.1) is 0 Å². The van der Waals surface area contributed by atoms with Crippen LogP contribution in [0.25, 0.3) is 0 Å². The summed E-state index contributed by atoms with van der Waals surface area (Å²) in [6, 6.07) is 1.27. The van der Waals surface area contributed by atoms with Crippen LogP contribution in [-0.2, 0) is 9.59 Å². The molecule has 0 bridgehead atoms. The Morgan fingerprint density at radius 3 is 2.45 bits per heavy atom. The number of amides is 2. The predicted molar refractivity (Wildman–Crippen MR) is 111 cm³/mol. The molecule has 5 aliphatic rings. The first kappa shape index (κ1) is 19.8. The molecule has 5 rings (SSSR count). The van der Waals surface area contributed by atoms with E-state index in [0.29, 0.717) is 11.9 Å². The van der Waals surface area contributed by atoms with Crippen LogP contribution in [0.2, 0.25) is 0 Å². The van der Waals surface area contributed by atoms with Crippen molar-refractivity contribution in [2.75, 3.05) is 39.8 Å². The molecule has 3 saturated heterocycles. The molecule has 3 aliphatic heterocycles. The number of piperazine rings is 2. The summed E-state index contributed by atoms with van der Waals surface area (Å²) in [6.07, 6.45) is 10.5. The predicted octanol–water partition coefficient (Wildman–Crippen LogP) is 1.05. The van der Waals surface area contributed by atoms with E-state index in [1.807, 2.05) is 11.9 Å². The number of carbonyl (C=O) groups is 2. The molecule has 0 radical (unpaired) electrons. The molecule has 2 aliphatic carbocycles. The van der Waals surface area contributed by atoms with E-state index in [2.05, 4.69) is 20.2 Å². The lowest BCUT2D eigenvalue weighted by atomic mass is 9.78. The van der Waals surface area contributed by atoms with Crippen LogP contribution in [0.4, 0.5) is 0 Å². The van der Waals surface area contributed by atoms with E-state index in [1.54, 1.807) is 0 Å². The third-order valence-electron chi connectivity index (χ3n) is 8.38. The molecule has 7 heteroatoms. The highest BCUT2D eigenvalue weighted by atomic mass is 16.2. The first-order valence-corrected chi connectivity index (χ1v) is 11.9. The Kier molecular flexibility index (Phi) is 5.56. The number of rotatable bonds is 2. The van der Waals surface area contributed by atoms with Gasteiger partial charge in [0.1, 0.15) is 6.04 Å². The van der Waals surface area contributed by atoms with E-state index in [9.17, 15) is 9.59 Å². The van der Waals surface area contributed by atoms with Gasteiger partial charge in [-0.2, -0.15) is 0 Å². The van der Waals surface area contributed by atoms with Crippen molar-refractivity contribution < 1.29 is 9.59 Å². The number of carbonyl (C=O) groups excluding carboxylic acids is 2. The monoisotopic (exact) mass is 403 g/mol. The van der Waals surface area contributed by atoms with Gasteiger partial charge in [0.2, 0.25) is 11.8 Å². The number of hydrazine groups is 1. The third kappa shape index (κ3) is 3.59. The van der Waals surface area contributed by atoms with Crippen molar-refractivity contribution in [1.29, 1.82) is 0 Å². The first-order chi connectivity index (χ1) is 14.1. The molecule has 4 atom stereocenters. The number of hydrogen-bond donors (Lipinski definition) is 1. The first-order valence-electron chi connectivity index (χ1n) is 11.9. The minimum Gasteiger partial charge on any atom is -0.340 e. The van der Waals surface area contributed by atoms with Crippen molar-refractivity contribution in [3.8, 4) is 0 Å². The highest BCUT2D eigenvalue weighted by Gasteiger charge is 2.50. The van der Waals surface area contributed by atoms with Gasteiger partial charge >= 0.3 is 0 Å². The van der Waals surface area contributed by atoms with Gasteiger partial charge in [0.25, 0.3) is 0 Å². The van der Waals surface area contributed by atoms with E-state index in [-0.39, 0.29) is 23.9 Å². The number of fused-ring (bicyclic) bond motifs is 3. The molecule has 0 aromatic carbocycles. The maximum absolute atomic E-state index is 13.3. The average Bonchev–Trinajstić information content (AvgIpc) is 3.28. The van der Waals surface area contributed by atoms with Gasteiger partial charge in [0.05, 0.1) is 0 Å². The van der Waals surface area contributed by atoms with E-state index in [4.69, 9.17) is 0 Å². The van der Waals surface area contributed by atoms with Crippen LogP contribution < -0.4 is 5.43 Å². The highest BCUT2D eigenvalue weighted by molar-refractivity contribution is 5.84. The average molecular weight is 404 g/mol. The molecule has 7 nitrogen and oxygen atoms in total. The van der Waals surface area contributed by atoms with Crippen LogP contribution in [-0.4, -0.2) is 95.5 Å². The molecule has 1 N–H and O–H groups in total. The van der Waals surface area contributed by atoms with Crippen molar-refractivity contribution >= 4 is 11.8 Å². The zero-order valence-corrected chi connectivity index (χ0v) is 17.9. The molecule has 0 spiro atoms. The number of hydrogen-bond acceptors (Lipinski definition) is 5. The van der Waals surface area contributed by atoms with E-state index in [0.717, 1.165) is 64.4 Å². The number of likely N-dealkylation sites (N-methyl/N-ethyl adjacent to an activating group) is 1. The molecule has 4 unspecified atom stereocenters. The Labute approximate surface area is 174 Å². The largest absolute Gasteiger partial charge is 0.340 e. The summed E-state index contributed by atoms with van der Waals surface area (Å²) in [5.41, 5.74) is 3.44. The fourth-order valence-corrected chi connectivity index (χ4v) is 6.68. The Hall–Kier alpha value is -1.18. The summed E-state index contributed by atoms with van der Waals surface area (Å²) in [5, 5.41) is 2.22. The minimum absolute atomic E-state index is 0.00127. The summed E-state index contributed by atoms with van der Waals surface area (Å²) in [7, 11) is 1.95. The molecular formula is C22H37N5O2. The normalized spacial score (nSPS) is 37.5. The zero-order chi connectivity index (χ0) is 20.0. The van der Waals surface area contributed by atoms with Crippen LogP contribution in [0, 0.1) is 5.92 Å². The summed E-state index contributed by atoms with van der Waals surface area (Å²) in [5.74, 6) is 0.640. The maximum Gasteiger partial charge on any atom is 0.241 e. The van der Waals surface area contributed by atoms with Crippen molar-refractivity contribution in [2.45, 2.75) is 82.0 Å². The van der Waals surface area contributed by atoms with Gasteiger partial charge in [-0.25, -0.2) is 5.01 Å². The van der Waals surface area contributed by atoms with Crippen molar-refractivity contribution in [2.24, 2.45) is 5.92 Å². The summed E-state index contributed by atoms with van der Waals surface area (Å²) < 4.78 is 0. The van der Waals surface area contributed by atoms with Crippen LogP contribution in [0.3, 0.4) is 0 Å². The Morgan fingerprint density at radius 2 is 1.69 bits per heavy atom. The van der Waals surface area contributed by atoms with E-state index >= 15 is 0 Å². The van der Waals surface area contributed by atoms with Crippen molar-refractivity contribution in [3.05, 3.63) is 0 Å². The minimum atomic E-state index is 0.00127.